The summed E-state index contributed by atoms with van der Waals surface area (Å²) in [6, 6.07) is 13.9. The molecule has 2 aromatic carbocycles. The Morgan fingerprint density at radius 2 is 2.04 bits per heavy atom. The number of nitrogens with zero attached hydrogens (tertiary/aromatic N) is 5. The van der Waals surface area contributed by atoms with Gasteiger partial charge in [-0.15, -0.1) is 5.10 Å². The Labute approximate surface area is 167 Å². The molecule has 0 spiro atoms. The Kier molecular flexibility index (Phi) is 5.04. The van der Waals surface area contributed by atoms with Gasteiger partial charge in [-0.05, 0) is 60.0 Å². The van der Waals surface area contributed by atoms with Gasteiger partial charge in [-0.3, -0.25) is 4.79 Å². The van der Waals surface area contributed by atoms with E-state index in [4.69, 9.17) is 4.74 Å². The average molecular weight is 395 g/mol. The van der Waals surface area contributed by atoms with Gasteiger partial charge in [0.15, 0.2) is 0 Å². The molecule has 0 bridgehead atoms. The Hall–Kier alpha value is -2.87. The van der Waals surface area contributed by atoms with E-state index in [0.717, 1.165) is 23.4 Å². The largest absolute Gasteiger partial charge is 0.494 e. The van der Waals surface area contributed by atoms with Gasteiger partial charge in [0.25, 0.3) is 0 Å². The van der Waals surface area contributed by atoms with Crippen molar-refractivity contribution in [3.8, 4) is 11.4 Å². The summed E-state index contributed by atoms with van der Waals surface area (Å²) in [5, 5.41) is 12.3. The van der Waals surface area contributed by atoms with E-state index in [9.17, 15) is 4.79 Å². The van der Waals surface area contributed by atoms with Crippen molar-refractivity contribution in [2.24, 2.45) is 0 Å². The number of fused-ring (bicyclic) bond motifs is 1. The molecule has 8 heteroatoms. The van der Waals surface area contributed by atoms with Gasteiger partial charge in [0.1, 0.15) is 11.4 Å². The molecule has 0 saturated heterocycles. The lowest BCUT2D eigenvalue weighted by molar-refractivity contribution is -0.117. The predicted octanol–water partition coefficient (Wildman–Crippen LogP) is 3.05. The summed E-state index contributed by atoms with van der Waals surface area (Å²) < 4.78 is 7.07. The summed E-state index contributed by atoms with van der Waals surface area (Å²) >= 11 is 1.35. The number of carbonyl (C=O) groups is 1. The quantitative estimate of drug-likeness (QED) is 0.618. The third kappa shape index (κ3) is 3.35. The Morgan fingerprint density at radius 3 is 2.86 bits per heavy atom. The Morgan fingerprint density at radius 1 is 1.21 bits per heavy atom. The first-order valence-corrected chi connectivity index (χ1v) is 9.96. The zero-order chi connectivity index (χ0) is 19.7. The molecule has 1 aliphatic heterocycles. The monoisotopic (exact) mass is 395 g/mol. The molecule has 0 saturated carbocycles. The van der Waals surface area contributed by atoms with Crippen molar-refractivity contribution in [3.05, 3.63) is 53.6 Å². The molecule has 0 fully saturated rings. The molecule has 3 aromatic rings. The van der Waals surface area contributed by atoms with Crippen LogP contribution in [-0.2, 0) is 11.2 Å². The maximum absolute atomic E-state index is 13.1. The van der Waals surface area contributed by atoms with Gasteiger partial charge >= 0.3 is 0 Å². The van der Waals surface area contributed by atoms with Crippen molar-refractivity contribution in [1.29, 1.82) is 0 Å². The van der Waals surface area contributed by atoms with Crippen LogP contribution in [0.25, 0.3) is 5.69 Å². The maximum atomic E-state index is 13.1. The molecule has 144 valence electrons. The summed E-state index contributed by atoms with van der Waals surface area (Å²) in [7, 11) is 1.61. The van der Waals surface area contributed by atoms with Gasteiger partial charge in [-0.25, -0.2) is 0 Å². The zero-order valence-corrected chi connectivity index (χ0v) is 16.8. The van der Waals surface area contributed by atoms with E-state index in [1.807, 2.05) is 55.1 Å². The molecule has 1 aliphatic rings. The third-order valence-electron chi connectivity index (χ3n) is 4.79. The summed E-state index contributed by atoms with van der Waals surface area (Å²) in [5.41, 5.74) is 4.03. The van der Waals surface area contributed by atoms with Crippen molar-refractivity contribution < 1.29 is 9.53 Å². The number of aryl methyl sites for hydroxylation is 1. The molecule has 0 unspecified atom stereocenters. The lowest BCUT2D eigenvalue weighted by Gasteiger charge is -2.21. The maximum Gasteiger partial charge on any atom is 0.240 e. The minimum Gasteiger partial charge on any atom is -0.494 e. The van der Waals surface area contributed by atoms with Crippen LogP contribution < -0.4 is 9.64 Å². The second-order valence-electron chi connectivity index (χ2n) is 6.68. The molecule has 0 aliphatic carbocycles. The predicted molar refractivity (Wildman–Crippen MR) is 108 cm³/mol. The van der Waals surface area contributed by atoms with Crippen molar-refractivity contribution in [2.75, 3.05) is 18.6 Å². The number of para-hydroxylation sites is 1. The van der Waals surface area contributed by atoms with Crippen LogP contribution in [0.2, 0.25) is 0 Å². The Bertz CT molecular complexity index is 1020. The van der Waals surface area contributed by atoms with E-state index < -0.39 is 0 Å². The Balaban J connectivity index is 1.57. The molecule has 1 aromatic heterocycles. The van der Waals surface area contributed by atoms with Crippen LogP contribution in [0.1, 0.15) is 18.1 Å². The van der Waals surface area contributed by atoms with Crippen molar-refractivity contribution in [2.45, 2.75) is 30.7 Å². The number of thioether (sulfide) groups is 1. The van der Waals surface area contributed by atoms with E-state index in [1.165, 1.54) is 17.3 Å². The first kappa shape index (κ1) is 18.5. The molecular weight excluding hydrogens is 374 g/mol. The number of aromatic nitrogens is 4. The summed E-state index contributed by atoms with van der Waals surface area (Å²) in [6.45, 7) is 4.59. The van der Waals surface area contributed by atoms with Gasteiger partial charge in [0, 0.05) is 12.2 Å². The normalized spacial score (nSPS) is 14.0. The fourth-order valence-electron chi connectivity index (χ4n) is 3.36. The number of tetrazole rings is 1. The van der Waals surface area contributed by atoms with E-state index in [1.54, 1.807) is 11.8 Å². The minimum atomic E-state index is -0.327. The van der Waals surface area contributed by atoms with Crippen molar-refractivity contribution >= 4 is 23.4 Å². The van der Waals surface area contributed by atoms with Gasteiger partial charge in [0.2, 0.25) is 11.1 Å². The third-order valence-corrected chi connectivity index (χ3v) is 5.81. The minimum absolute atomic E-state index is 0.0562. The number of rotatable bonds is 5. The van der Waals surface area contributed by atoms with Crippen LogP contribution >= 0.6 is 11.8 Å². The summed E-state index contributed by atoms with van der Waals surface area (Å²) in [5.74, 6) is 0.730. The topological polar surface area (TPSA) is 73.1 Å². The van der Waals surface area contributed by atoms with E-state index >= 15 is 0 Å². The van der Waals surface area contributed by atoms with Crippen LogP contribution in [0.4, 0.5) is 5.69 Å². The molecule has 0 radical (unpaired) electrons. The van der Waals surface area contributed by atoms with Crippen molar-refractivity contribution in [1.82, 2.24) is 20.2 Å². The molecule has 28 heavy (non-hydrogen) atoms. The fraction of sp³-hybridized carbons (Fsp3) is 0.300. The number of hydrogen-bond acceptors (Lipinski definition) is 6. The molecule has 1 atom stereocenters. The number of anilines is 1. The zero-order valence-electron chi connectivity index (χ0n) is 16.0. The number of carbonyl (C=O) groups excluding carboxylic acids is 1. The second-order valence-corrected chi connectivity index (χ2v) is 7.99. The van der Waals surface area contributed by atoms with Gasteiger partial charge in [-0.2, -0.15) is 4.68 Å². The van der Waals surface area contributed by atoms with Crippen LogP contribution in [-0.4, -0.2) is 45.0 Å². The standard InChI is InChI=1S/C20H21N5O2S/c1-13-8-9-18(27-3)17(12-13)25-20(21-22-23-25)28-14(2)19(26)24-11-10-15-6-4-5-7-16(15)24/h4-9,12,14H,10-11H2,1-3H3/t14-/m0/s1. The molecule has 1 amide bonds. The highest BCUT2D eigenvalue weighted by Crippen LogP contribution is 2.32. The van der Waals surface area contributed by atoms with E-state index in [-0.39, 0.29) is 11.2 Å². The van der Waals surface area contributed by atoms with E-state index in [0.29, 0.717) is 17.5 Å². The SMILES string of the molecule is COc1ccc(C)cc1-n1nnnc1S[C@@H](C)C(=O)N1CCc2ccccc21. The number of benzene rings is 2. The summed E-state index contributed by atoms with van der Waals surface area (Å²) in [6.07, 6.45) is 0.886. The highest BCUT2D eigenvalue weighted by Gasteiger charge is 2.29. The number of ether oxygens (including phenoxy) is 1. The fourth-order valence-corrected chi connectivity index (χ4v) is 4.23. The first-order chi connectivity index (χ1) is 13.6. The number of amides is 1. The lowest BCUT2D eigenvalue weighted by Crippen LogP contribution is -2.35. The molecule has 2 heterocycles. The summed E-state index contributed by atoms with van der Waals surface area (Å²) in [4.78, 5) is 14.9. The number of methoxy groups -OCH3 is 1. The van der Waals surface area contributed by atoms with Gasteiger partial charge < -0.3 is 9.64 Å². The highest BCUT2D eigenvalue weighted by atomic mass is 32.2. The van der Waals surface area contributed by atoms with Crippen LogP contribution in [0.5, 0.6) is 5.75 Å². The van der Waals surface area contributed by atoms with Crippen LogP contribution in [0, 0.1) is 6.92 Å². The van der Waals surface area contributed by atoms with Crippen LogP contribution in [0.3, 0.4) is 0 Å². The molecule has 7 nitrogen and oxygen atoms in total. The lowest BCUT2D eigenvalue weighted by atomic mass is 10.2. The first-order valence-electron chi connectivity index (χ1n) is 9.08. The van der Waals surface area contributed by atoms with E-state index in [2.05, 4.69) is 21.6 Å². The second kappa shape index (κ2) is 7.63. The van der Waals surface area contributed by atoms with Crippen LogP contribution in [0.15, 0.2) is 47.6 Å². The highest BCUT2D eigenvalue weighted by molar-refractivity contribution is 8.00. The molecule has 0 N–H and O–H groups in total. The smallest absolute Gasteiger partial charge is 0.240 e. The molecule has 4 rings (SSSR count). The molecular formula is C20H21N5O2S. The van der Waals surface area contributed by atoms with Gasteiger partial charge in [-0.1, -0.05) is 36.0 Å². The average Bonchev–Trinajstić information content (AvgIpc) is 3.34. The van der Waals surface area contributed by atoms with Crippen molar-refractivity contribution in [3.63, 3.8) is 0 Å². The van der Waals surface area contributed by atoms with Gasteiger partial charge in [0.05, 0.1) is 12.4 Å². The number of hydrogen-bond donors (Lipinski definition) is 0.